The number of allylic oxidation sites excluding steroid dienone is 1. The van der Waals surface area contributed by atoms with Gasteiger partial charge in [0.2, 0.25) is 0 Å². The zero-order valence-electron chi connectivity index (χ0n) is 18.5. The van der Waals surface area contributed by atoms with E-state index in [9.17, 15) is 9.59 Å². The highest BCUT2D eigenvalue weighted by Gasteiger charge is 2.66. The van der Waals surface area contributed by atoms with Crippen LogP contribution in [0.3, 0.4) is 0 Å². The molecular weight excluding hydrogens is 368 g/mol. The molecule has 3 heterocycles. The zero-order chi connectivity index (χ0) is 21.0. The zero-order valence-corrected chi connectivity index (χ0v) is 18.5. The van der Waals surface area contributed by atoms with Gasteiger partial charge in [0.25, 0.3) is 0 Å². The van der Waals surface area contributed by atoms with Gasteiger partial charge in [-0.1, -0.05) is 25.5 Å². The summed E-state index contributed by atoms with van der Waals surface area (Å²) in [5, 5.41) is 0. The minimum Gasteiger partial charge on any atom is -0.459 e. The van der Waals surface area contributed by atoms with Crippen molar-refractivity contribution in [3.05, 3.63) is 11.6 Å². The molecule has 2 saturated heterocycles. The summed E-state index contributed by atoms with van der Waals surface area (Å²) in [5.41, 5.74) is 0.117. The summed E-state index contributed by atoms with van der Waals surface area (Å²) in [6, 6.07) is 0. The molecule has 1 aliphatic carbocycles. The fourth-order valence-electron chi connectivity index (χ4n) is 6.60. The molecule has 0 aromatic rings. The van der Waals surface area contributed by atoms with E-state index in [0.29, 0.717) is 6.42 Å². The first-order valence-electron chi connectivity index (χ1n) is 11.4. The molecular formula is C24H36O5. The van der Waals surface area contributed by atoms with Gasteiger partial charge in [-0.3, -0.25) is 9.59 Å². The number of carbonyl (C=O) groups is 2. The predicted octanol–water partition coefficient (Wildman–Crippen LogP) is 4.58. The molecule has 0 unspecified atom stereocenters. The molecule has 29 heavy (non-hydrogen) atoms. The van der Waals surface area contributed by atoms with Gasteiger partial charge in [-0.15, -0.1) is 0 Å². The van der Waals surface area contributed by atoms with Gasteiger partial charge in [0, 0.05) is 18.3 Å². The van der Waals surface area contributed by atoms with Crippen molar-refractivity contribution in [1.82, 2.24) is 0 Å². The van der Waals surface area contributed by atoms with Crippen LogP contribution in [0.15, 0.2) is 11.6 Å². The third-order valence-electron chi connectivity index (χ3n) is 8.07. The Morgan fingerprint density at radius 2 is 2.07 bits per heavy atom. The second kappa shape index (κ2) is 7.40. The molecule has 5 heteroatoms. The molecule has 8 atom stereocenters. The van der Waals surface area contributed by atoms with E-state index in [1.165, 1.54) is 5.57 Å². The van der Waals surface area contributed by atoms with Crippen molar-refractivity contribution in [2.45, 2.75) is 103 Å². The van der Waals surface area contributed by atoms with Crippen LogP contribution >= 0.6 is 0 Å². The van der Waals surface area contributed by atoms with Crippen molar-refractivity contribution >= 4 is 11.9 Å². The van der Waals surface area contributed by atoms with Gasteiger partial charge in [-0.2, -0.15) is 0 Å². The Balaban J connectivity index is 1.79. The molecule has 3 fully saturated rings. The van der Waals surface area contributed by atoms with Gasteiger partial charge in [-0.25, -0.2) is 0 Å². The lowest BCUT2D eigenvalue weighted by molar-refractivity contribution is -0.181. The van der Waals surface area contributed by atoms with Gasteiger partial charge in [-0.05, 0) is 65.2 Å². The number of fused-ring (bicyclic) bond motifs is 2. The maximum atomic E-state index is 12.9. The summed E-state index contributed by atoms with van der Waals surface area (Å²) < 4.78 is 19.0. The SMILES string of the molecule is CCCC(=O)O[C@]1(C)CC[C@@H]2[C@H]3[C@@H]1[C@@H]1C/C(C)=C\CC[C@](C)(OC(=O)[C@@H]2C)[C@H]3O1. The lowest BCUT2D eigenvalue weighted by Gasteiger charge is -2.48. The van der Waals surface area contributed by atoms with Crippen LogP contribution in [-0.4, -0.2) is 35.3 Å². The van der Waals surface area contributed by atoms with E-state index in [1.54, 1.807) is 0 Å². The maximum Gasteiger partial charge on any atom is 0.309 e. The molecule has 3 aliphatic heterocycles. The van der Waals surface area contributed by atoms with Crippen molar-refractivity contribution in [2.75, 3.05) is 0 Å². The number of hydrogen-bond acceptors (Lipinski definition) is 5. The summed E-state index contributed by atoms with van der Waals surface area (Å²) in [6.45, 7) is 10.3. The molecule has 0 aromatic carbocycles. The number of hydrogen-bond donors (Lipinski definition) is 0. The Morgan fingerprint density at radius 1 is 1.31 bits per heavy atom. The van der Waals surface area contributed by atoms with Crippen LogP contribution in [0.25, 0.3) is 0 Å². The first kappa shape index (κ1) is 20.9. The van der Waals surface area contributed by atoms with Crippen molar-refractivity contribution in [2.24, 2.45) is 23.7 Å². The smallest absolute Gasteiger partial charge is 0.309 e. The first-order chi connectivity index (χ1) is 13.7. The topological polar surface area (TPSA) is 61.8 Å². The minimum atomic E-state index is -0.634. The normalized spacial score (nSPS) is 48.3. The summed E-state index contributed by atoms with van der Waals surface area (Å²) in [6.07, 6.45) is 7.49. The summed E-state index contributed by atoms with van der Waals surface area (Å²) in [7, 11) is 0. The minimum absolute atomic E-state index is 0.00935. The largest absolute Gasteiger partial charge is 0.459 e. The second-order valence-corrected chi connectivity index (χ2v) is 10.3. The first-order valence-corrected chi connectivity index (χ1v) is 11.4. The molecule has 0 radical (unpaired) electrons. The van der Waals surface area contributed by atoms with E-state index >= 15 is 0 Å². The van der Waals surface area contributed by atoms with E-state index < -0.39 is 11.2 Å². The number of rotatable bonds is 3. The number of carbonyl (C=O) groups excluding carboxylic acids is 2. The van der Waals surface area contributed by atoms with E-state index in [0.717, 1.165) is 38.5 Å². The fourth-order valence-corrected chi connectivity index (χ4v) is 6.60. The standard InChI is InChI=1S/C24H36O5/c1-6-8-18(25)28-23(4)12-10-16-15(3)22(26)29-24(5)11-7-9-14(2)13-17-20(23)19(16)21(24)27-17/h9,15-17,19-21H,6-8,10-13H2,1-5H3/b14-9-/t15-,16+,17+,19+,20+,21+,23-,24+/m1/s1. The Morgan fingerprint density at radius 3 is 2.79 bits per heavy atom. The molecule has 162 valence electrons. The quantitative estimate of drug-likeness (QED) is 0.509. The Bertz CT molecular complexity index is 714. The maximum absolute atomic E-state index is 12.9. The van der Waals surface area contributed by atoms with Crippen LogP contribution in [0.5, 0.6) is 0 Å². The average Bonchev–Trinajstić information content (AvgIpc) is 3.01. The molecule has 0 amide bonds. The highest BCUT2D eigenvalue weighted by Crippen LogP contribution is 2.59. The molecule has 2 bridgehead atoms. The molecule has 0 spiro atoms. The van der Waals surface area contributed by atoms with Gasteiger partial charge in [0.05, 0.1) is 12.0 Å². The Labute approximate surface area is 174 Å². The molecule has 0 N–H and O–H groups in total. The van der Waals surface area contributed by atoms with E-state index in [-0.39, 0.29) is 47.8 Å². The highest BCUT2D eigenvalue weighted by atomic mass is 16.6. The molecule has 0 aromatic heterocycles. The second-order valence-electron chi connectivity index (χ2n) is 10.3. The van der Waals surface area contributed by atoms with Crippen molar-refractivity contribution in [3.63, 3.8) is 0 Å². The predicted molar refractivity (Wildman–Crippen MR) is 109 cm³/mol. The third kappa shape index (κ3) is 3.43. The molecule has 4 rings (SSSR count). The Hall–Kier alpha value is -1.36. The van der Waals surface area contributed by atoms with Crippen molar-refractivity contribution < 1.29 is 23.8 Å². The highest BCUT2D eigenvalue weighted by molar-refractivity contribution is 5.73. The fraction of sp³-hybridized carbons (Fsp3) is 0.833. The van der Waals surface area contributed by atoms with Crippen molar-refractivity contribution in [1.29, 1.82) is 0 Å². The summed E-state index contributed by atoms with van der Waals surface area (Å²) >= 11 is 0. The average molecular weight is 405 g/mol. The lowest BCUT2D eigenvalue weighted by atomic mass is 9.58. The summed E-state index contributed by atoms with van der Waals surface area (Å²) in [4.78, 5) is 25.4. The summed E-state index contributed by atoms with van der Waals surface area (Å²) in [5.74, 6) is 0.102. The lowest BCUT2D eigenvalue weighted by Crippen LogP contribution is -2.54. The monoisotopic (exact) mass is 404 g/mol. The van der Waals surface area contributed by atoms with Crippen LogP contribution in [0.2, 0.25) is 0 Å². The van der Waals surface area contributed by atoms with Gasteiger partial charge < -0.3 is 14.2 Å². The van der Waals surface area contributed by atoms with Gasteiger partial charge >= 0.3 is 11.9 Å². The van der Waals surface area contributed by atoms with E-state index in [2.05, 4.69) is 19.9 Å². The van der Waals surface area contributed by atoms with Crippen LogP contribution in [0, 0.1) is 23.7 Å². The van der Waals surface area contributed by atoms with Crippen LogP contribution in [-0.2, 0) is 23.8 Å². The van der Waals surface area contributed by atoms with E-state index in [1.807, 2.05) is 20.8 Å². The molecule has 4 aliphatic rings. The van der Waals surface area contributed by atoms with E-state index in [4.69, 9.17) is 14.2 Å². The Kier molecular flexibility index (Phi) is 5.33. The molecule has 5 nitrogen and oxygen atoms in total. The van der Waals surface area contributed by atoms with Crippen LogP contribution in [0.1, 0.15) is 79.6 Å². The van der Waals surface area contributed by atoms with Crippen LogP contribution < -0.4 is 0 Å². The third-order valence-corrected chi connectivity index (χ3v) is 8.07. The van der Waals surface area contributed by atoms with Crippen molar-refractivity contribution in [3.8, 4) is 0 Å². The number of ether oxygens (including phenoxy) is 3. The van der Waals surface area contributed by atoms with Gasteiger partial charge in [0.1, 0.15) is 17.3 Å². The van der Waals surface area contributed by atoms with Gasteiger partial charge in [0.15, 0.2) is 0 Å². The molecule has 1 saturated carbocycles. The number of esters is 2. The van der Waals surface area contributed by atoms with Crippen LogP contribution in [0.4, 0.5) is 0 Å².